The molecule has 0 heterocycles. The number of carbonyl (C=O) groups excluding carboxylic acids is 2. The van der Waals surface area contributed by atoms with Gasteiger partial charge in [-0.1, -0.05) is 40.0 Å². The van der Waals surface area contributed by atoms with Gasteiger partial charge in [0.05, 0.1) is 0 Å². The molecule has 0 aliphatic heterocycles. The van der Waals surface area contributed by atoms with Gasteiger partial charge in [0.1, 0.15) is 0 Å². The molecule has 0 radical (unpaired) electrons. The van der Waals surface area contributed by atoms with E-state index in [4.69, 9.17) is 0 Å². The molecule has 0 spiro atoms. The van der Waals surface area contributed by atoms with Crippen molar-refractivity contribution in [2.45, 2.75) is 72.1 Å². The quantitative estimate of drug-likeness (QED) is 0.500. The Morgan fingerprint density at radius 2 is 1.30 bits per heavy atom. The van der Waals surface area contributed by atoms with Crippen molar-refractivity contribution in [2.75, 3.05) is 25.1 Å². The van der Waals surface area contributed by atoms with Gasteiger partial charge in [0, 0.05) is 31.7 Å². The molecule has 23 heavy (non-hydrogen) atoms. The van der Waals surface area contributed by atoms with Crippen LogP contribution in [0.3, 0.4) is 0 Å². The second-order valence-corrected chi connectivity index (χ2v) is 8.26. The Balaban J connectivity index is 3.30. The molecule has 0 bridgehead atoms. The van der Waals surface area contributed by atoms with E-state index in [9.17, 15) is 9.59 Å². The molecule has 0 atom stereocenters. The Kier molecular flexibility index (Phi) is 13.3. The van der Waals surface area contributed by atoms with E-state index in [1.807, 2.05) is 6.26 Å². The number of thioether (sulfide) groups is 1. The molecule has 0 aromatic rings. The van der Waals surface area contributed by atoms with Crippen LogP contribution in [0.15, 0.2) is 0 Å². The van der Waals surface area contributed by atoms with Gasteiger partial charge in [0.15, 0.2) is 0 Å². The van der Waals surface area contributed by atoms with Crippen molar-refractivity contribution in [3.8, 4) is 0 Å². The molecule has 0 aromatic heterocycles. The van der Waals surface area contributed by atoms with Gasteiger partial charge in [0.2, 0.25) is 11.8 Å². The summed E-state index contributed by atoms with van der Waals surface area (Å²) in [6.07, 6.45) is 9.72. The zero-order valence-corrected chi connectivity index (χ0v) is 16.3. The molecule has 0 aliphatic rings. The van der Waals surface area contributed by atoms with E-state index < -0.39 is 0 Å². The highest BCUT2D eigenvalue weighted by molar-refractivity contribution is 7.98. The summed E-state index contributed by atoms with van der Waals surface area (Å²) in [6.45, 7) is 8.05. The van der Waals surface area contributed by atoms with Crippen LogP contribution in [0.5, 0.6) is 0 Å². The van der Waals surface area contributed by atoms with Crippen molar-refractivity contribution in [1.82, 2.24) is 10.6 Å². The zero-order valence-electron chi connectivity index (χ0n) is 15.5. The normalized spacial score (nSPS) is 11.3. The first-order valence-corrected chi connectivity index (χ1v) is 10.3. The predicted octanol–water partition coefficient (Wildman–Crippen LogP) is 3.75. The Hall–Kier alpha value is -0.710. The first-order valence-electron chi connectivity index (χ1n) is 8.87. The fourth-order valence-electron chi connectivity index (χ4n) is 2.10. The summed E-state index contributed by atoms with van der Waals surface area (Å²) >= 11 is 1.70. The van der Waals surface area contributed by atoms with E-state index in [1.165, 1.54) is 6.42 Å². The van der Waals surface area contributed by atoms with Crippen LogP contribution in [0.25, 0.3) is 0 Å². The largest absolute Gasteiger partial charge is 0.356 e. The van der Waals surface area contributed by atoms with Crippen LogP contribution in [0, 0.1) is 5.41 Å². The number of hydrogen-bond acceptors (Lipinski definition) is 3. The van der Waals surface area contributed by atoms with Crippen molar-refractivity contribution >= 4 is 23.6 Å². The van der Waals surface area contributed by atoms with Gasteiger partial charge >= 0.3 is 0 Å². The number of amides is 2. The Morgan fingerprint density at radius 1 is 0.826 bits per heavy atom. The molecule has 0 fully saturated rings. The average molecular weight is 345 g/mol. The second-order valence-electron chi connectivity index (χ2n) is 7.27. The minimum atomic E-state index is 0.164. The molecule has 0 aromatic carbocycles. The highest BCUT2D eigenvalue weighted by Crippen LogP contribution is 2.20. The SMILES string of the molecule is CSCCC(=O)NCCCCCCCNC(=O)CCC(C)(C)C. The van der Waals surface area contributed by atoms with Gasteiger partial charge in [-0.15, -0.1) is 0 Å². The predicted molar refractivity (Wildman–Crippen MR) is 101 cm³/mol. The highest BCUT2D eigenvalue weighted by Gasteiger charge is 2.12. The maximum absolute atomic E-state index is 11.6. The molecule has 0 saturated carbocycles. The highest BCUT2D eigenvalue weighted by atomic mass is 32.2. The molecule has 0 rings (SSSR count). The van der Waals surface area contributed by atoms with Gasteiger partial charge in [-0.05, 0) is 30.9 Å². The third-order valence-corrected chi connectivity index (χ3v) is 4.25. The standard InChI is InChI=1S/C18H36N2O2S/c1-18(2,3)12-10-16(21)19-13-8-6-5-7-9-14-20-17(22)11-15-23-4/h5-15H2,1-4H3,(H,19,21)(H,20,22). The van der Waals surface area contributed by atoms with E-state index in [0.717, 1.165) is 50.9 Å². The fraction of sp³-hybridized carbons (Fsp3) is 0.889. The smallest absolute Gasteiger partial charge is 0.220 e. The molecule has 5 heteroatoms. The zero-order chi connectivity index (χ0) is 17.6. The van der Waals surface area contributed by atoms with Gasteiger partial charge in [-0.25, -0.2) is 0 Å². The Bertz CT molecular complexity index is 327. The van der Waals surface area contributed by atoms with Gasteiger partial charge in [0.25, 0.3) is 0 Å². The van der Waals surface area contributed by atoms with E-state index in [1.54, 1.807) is 11.8 Å². The summed E-state index contributed by atoms with van der Waals surface area (Å²) in [7, 11) is 0. The van der Waals surface area contributed by atoms with Crippen LogP contribution in [-0.2, 0) is 9.59 Å². The minimum absolute atomic E-state index is 0.164. The van der Waals surface area contributed by atoms with Gasteiger partial charge in [-0.2, -0.15) is 11.8 Å². The van der Waals surface area contributed by atoms with Gasteiger partial charge < -0.3 is 10.6 Å². The lowest BCUT2D eigenvalue weighted by Crippen LogP contribution is -2.25. The monoisotopic (exact) mass is 344 g/mol. The summed E-state index contributed by atoms with van der Waals surface area (Å²) < 4.78 is 0. The fourth-order valence-corrected chi connectivity index (χ4v) is 2.49. The van der Waals surface area contributed by atoms with E-state index in [0.29, 0.717) is 12.8 Å². The van der Waals surface area contributed by atoms with Crippen LogP contribution in [0.1, 0.15) is 72.1 Å². The molecule has 0 saturated heterocycles. The lowest BCUT2D eigenvalue weighted by molar-refractivity contribution is -0.122. The molecule has 136 valence electrons. The van der Waals surface area contributed by atoms with Crippen molar-refractivity contribution in [1.29, 1.82) is 0 Å². The van der Waals surface area contributed by atoms with Crippen molar-refractivity contribution in [3.05, 3.63) is 0 Å². The summed E-state index contributed by atoms with van der Waals surface area (Å²) in [6, 6.07) is 0. The third-order valence-electron chi connectivity index (χ3n) is 3.63. The molecule has 2 amide bonds. The maximum Gasteiger partial charge on any atom is 0.220 e. The first kappa shape index (κ1) is 22.3. The van der Waals surface area contributed by atoms with Gasteiger partial charge in [-0.3, -0.25) is 9.59 Å². The number of unbranched alkanes of at least 4 members (excludes halogenated alkanes) is 4. The number of nitrogens with one attached hydrogen (secondary N) is 2. The summed E-state index contributed by atoms with van der Waals surface area (Å²) in [5.41, 5.74) is 0.224. The topological polar surface area (TPSA) is 58.2 Å². The van der Waals surface area contributed by atoms with Crippen LogP contribution in [0.2, 0.25) is 0 Å². The van der Waals surface area contributed by atoms with Crippen LogP contribution < -0.4 is 10.6 Å². The van der Waals surface area contributed by atoms with E-state index in [-0.39, 0.29) is 17.2 Å². The molecule has 4 nitrogen and oxygen atoms in total. The Morgan fingerprint density at radius 3 is 1.78 bits per heavy atom. The molecular formula is C18H36N2O2S. The summed E-state index contributed by atoms with van der Waals surface area (Å²) in [5.74, 6) is 1.23. The number of rotatable bonds is 13. The van der Waals surface area contributed by atoms with E-state index >= 15 is 0 Å². The van der Waals surface area contributed by atoms with Crippen molar-refractivity contribution in [2.24, 2.45) is 5.41 Å². The lowest BCUT2D eigenvalue weighted by atomic mass is 9.90. The molecule has 0 aliphatic carbocycles. The van der Waals surface area contributed by atoms with Crippen LogP contribution in [0.4, 0.5) is 0 Å². The Labute approximate surface area is 146 Å². The maximum atomic E-state index is 11.6. The van der Waals surface area contributed by atoms with Crippen molar-refractivity contribution < 1.29 is 9.59 Å². The van der Waals surface area contributed by atoms with Crippen molar-refractivity contribution in [3.63, 3.8) is 0 Å². The van der Waals surface area contributed by atoms with Crippen LogP contribution >= 0.6 is 11.8 Å². The first-order chi connectivity index (χ1) is 10.8. The lowest BCUT2D eigenvalue weighted by Gasteiger charge is -2.17. The van der Waals surface area contributed by atoms with Crippen LogP contribution in [-0.4, -0.2) is 36.9 Å². The summed E-state index contributed by atoms with van der Waals surface area (Å²) in [5, 5.41) is 5.95. The number of carbonyl (C=O) groups is 2. The third kappa shape index (κ3) is 17.5. The molecule has 2 N–H and O–H groups in total. The minimum Gasteiger partial charge on any atom is -0.356 e. The average Bonchev–Trinajstić information content (AvgIpc) is 2.48. The summed E-state index contributed by atoms with van der Waals surface area (Å²) in [4.78, 5) is 23.0. The molecule has 0 unspecified atom stereocenters. The molecular weight excluding hydrogens is 308 g/mol. The number of hydrogen-bond donors (Lipinski definition) is 2. The second kappa shape index (κ2) is 13.7. The van der Waals surface area contributed by atoms with E-state index in [2.05, 4.69) is 31.4 Å².